The van der Waals surface area contributed by atoms with Gasteiger partial charge in [-0.2, -0.15) is 0 Å². The number of nitrogens with zero attached hydrogens (tertiary/aromatic N) is 1. The van der Waals surface area contributed by atoms with Gasteiger partial charge < -0.3 is 10.0 Å². The maximum atomic E-state index is 12.7. The quantitative estimate of drug-likeness (QED) is 0.864. The first kappa shape index (κ1) is 13.9. The summed E-state index contributed by atoms with van der Waals surface area (Å²) in [6.45, 7) is 5.09. The average molecular weight is 283 g/mol. The normalized spacial score (nSPS) is 22.5. The summed E-state index contributed by atoms with van der Waals surface area (Å²) in [6, 6.07) is 11.5. The molecule has 0 radical (unpaired) electrons. The lowest BCUT2D eigenvalue weighted by molar-refractivity contribution is 0.0586. The molecule has 2 aromatic carbocycles. The van der Waals surface area contributed by atoms with E-state index < -0.39 is 0 Å². The Labute approximate surface area is 125 Å². The van der Waals surface area contributed by atoms with Crippen molar-refractivity contribution in [3.63, 3.8) is 0 Å². The molecule has 3 nitrogen and oxygen atoms in total. The van der Waals surface area contributed by atoms with Crippen LogP contribution in [-0.2, 0) is 0 Å². The summed E-state index contributed by atoms with van der Waals surface area (Å²) in [5.74, 6) is 0.704. The van der Waals surface area contributed by atoms with Gasteiger partial charge in [-0.15, -0.1) is 0 Å². The third-order valence-corrected chi connectivity index (χ3v) is 4.53. The number of piperidine rings is 1. The van der Waals surface area contributed by atoms with Crippen LogP contribution in [0.5, 0.6) is 5.75 Å². The van der Waals surface area contributed by atoms with Gasteiger partial charge in [-0.25, -0.2) is 0 Å². The van der Waals surface area contributed by atoms with Crippen LogP contribution in [0.1, 0.15) is 37.0 Å². The molecule has 1 amide bonds. The zero-order valence-electron chi connectivity index (χ0n) is 12.5. The van der Waals surface area contributed by atoms with Gasteiger partial charge in [0.2, 0.25) is 0 Å². The van der Waals surface area contributed by atoms with Crippen molar-refractivity contribution < 1.29 is 9.90 Å². The smallest absolute Gasteiger partial charge is 0.257 e. The molecule has 1 aliphatic heterocycles. The fraction of sp³-hybridized carbons (Fsp3) is 0.389. The van der Waals surface area contributed by atoms with Crippen molar-refractivity contribution in [3.8, 4) is 5.75 Å². The number of fused-ring (bicyclic) bond motifs is 1. The number of likely N-dealkylation sites (tertiary alicyclic amines) is 1. The minimum Gasteiger partial charge on any atom is -0.506 e. The number of amides is 1. The zero-order valence-corrected chi connectivity index (χ0v) is 12.5. The first-order valence-corrected chi connectivity index (χ1v) is 7.59. The van der Waals surface area contributed by atoms with Gasteiger partial charge in [0, 0.05) is 18.0 Å². The molecule has 3 rings (SSSR count). The number of hydrogen-bond donors (Lipinski definition) is 1. The number of hydrogen-bond acceptors (Lipinski definition) is 2. The molecule has 2 aromatic rings. The van der Waals surface area contributed by atoms with Crippen LogP contribution in [-0.4, -0.2) is 28.5 Å². The van der Waals surface area contributed by atoms with Gasteiger partial charge in [-0.05, 0) is 37.1 Å². The second kappa shape index (κ2) is 5.40. The molecule has 2 unspecified atom stereocenters. The lowest BCUT2D eigenvalue weighted by atomic mass is 9.92. The highest BCUT2D eigenvalue weighted by molar-refractivity contribution is 6.03. The molecule has 1 N–H and O–H groups in total. The summed E-state index contributed by atoms with van der Waals surface area (Å²) in [7, 11) is 0. The van der Waals surface area contributed by atoms with Gasteiger partial charge in [-0.3, -0.25) is 4.79 Å². The Morgan fingerprint density at radius 2 is 1.95 bits per heavy atom. The third kappa shape index (κ3) is 2.48. The summed E-state index contributed by atoms with van der Waals surface area (Å²) >= 11 is 0. The average Bonchev–Trinajstić information content (AvgIpc) is 2.47. The van der Waals surface area contributed by atoms with Crippen molar-refractivity contribution >= 4 is 16.7 Å². The molecule has 1 fully saturated rings. The summed E-state index contributed by atoms with van der Waals surface area (Å²) in [4.78, 5) is 14.6. The second-order valence-electron chi connectivity index (χ2n) is 6.16. The van der Waals surface area contributed by atoms with E-state index in [1.54, 1.807) is 6.07 Å². The fourth-order valence-electron chi connectivity index (χ4n) is 3.29. The summed E-state index contributed by atoms with van der Waals surface area (Å²) in [5.41, 5.74) is 0.412. The van der Waals surface area contributed by atoms with Crippen molar-refractivity contribution in [3.05, 3.63) is 42.0 Å². The Bertz CT molecular complexity index is 680. The van der Waals surface area contributed by atoms with E-state index in [9.17, 15) is 9.90 Å². The van der Waals surface area contributed by atoms with Crippen molar-refractivity contribution in [1.29, 1.82) is 0 Å². The summed E-state index contributed by atoms with van der Waals surface area (Å²) in [5, 5.41) is 12.1. The van der Waals surface area contributed by atoms with Gasteiger partial charge in [0.1, 0.15) is 5.75 Å². The summed E-state index contributed by atoms with van der Waals surface area (Å²) < 4.78 is 0. The third-order valence-electron chi connectivity index (χ3n) is 4.53. The number of phenolic OH excluding ortho intramolecular Hbond substituents is 1. The standard InChI is InChI=1S/C18H21NO2/c1-12-9-10-19(13(2)11-12)18(21)16-8-7-14-5-3-4-6-15(14)17(16)20/h3-8,12-13,20H,9-11H2,1-2H3. The Morgan fingerprint density at radius 3 is 2.71 bits per heavy atom. The highest BCUT2D eigenvalue weighted by Gasteiger charge is 2.29. The maximum absolute atomic E-state index is 12.7. The van der Waals surface area contributed by atoms with Crippen LogP contribution in [0.3, 0.4) is 0 Å². The summed E-state index contributed by atoms with van der Waals surface area (Å²) in [6.07, 6.45) is 2.06. The van der Waals surface area contributed by atoms with Gasteiger partial charge in [-0.1, -0.05) is 37.3 Å². The van der Waals surface area contributed by atoms with Crippen molar-refractivity contribution in [1.82, 2.24) is 4.90 Å². The molecule has 0 spiro atoms. The van der Waals surface area contributed by atoms with E-state index in [4.69, 9.17) is 0 Å². The van der Waals surface area contributed by atoms with Gasteiger partial charge in [0.05, 0.1) is 5.56 Å². The van der Waals surface area contributed by atoms with Crippen molar-refractivity contribution in [2.75, 3.05) is 6.54 Å². The number of carbonyl (C=O) groups excluding carboxylic acids is 1. The number of rotatable bonds is 1. The largest absolute Gasteiger partial charge is 0.506 e. The molecule has 3 heteroatoms. The van der Waals surface area contributed by atoms with Crippen molar-refractivity contribution in [2.45, 2.75) is 32.7 Å². The predicted octanol–water partition coefficient (Wildman–Crippen LogP) is 3.81. The molecule has 110 valence electrons. The first-order chi connectivity index (χ1) is 10.1. The van der Waals surface area contributed by atoms with Crippen LogP contribution in [0.2, 0.25) is 0 Å². The molecule has 1 aliphatic rings. The number of carbonyl (C=O) groups is 1. The SMILES string of the molecule is CC1CCN(C(=O)c2ccc3ccccc3c2O)C(C)C1. The highest BCUT2D eigenvalue weighted by Crippen LogP contribution is 2.31. The number of phenols is 1. The Kier molecular flexibility index (Phi) is 3.58. The molecule has 1 heterocycles. The van der Waals surface area contributed by atoms with E-state index in [0.29, 0.717) is 11.5 Å². The lowest BCUT2D eigenvalue weighted by Gasteiger charge is -2.36. The van der Waals surface area contributed by atoms with Crippen LogP contribution >= 0.6 is 0 Å². The van der Waals surface area contributed by atoms with Crippen LogP contribution in [0.15, 0.2) is 36.4 Å². The van der Waals surface area contributed by atoms with Gasteiger partial charge >= 0.3 is 0 Å². The first-order valence-electron chi connectivity index (χ1n) is 7.59. The topological polar surface area (TPSA) is 40.5 Å². The van der Waals surface area contributed by atoms with Gasteiger partial charge in [0.25, 0.3) is 5.91 Å². The molecule has 21 heavy (non-hydrogen) atoms. The molecular formula is C18H21NO2. The highest BCUT2D eigenvalue weighted by atomic mass is 16.3. The van der Waals surface area contributed by atoms with Crippen LogP contribution < -0.4 is 0 Å². The monoisotopic (exact) mass is 283 g/mol. The van der Waals surface area contributed by atoms with Gasteiger partial charge in [0.15, 0.2) is 0 Å². The van der Waals surface area contributed by atoms with E-state index in [1.165, 1.54) is 0 Å². The number of benzene rings is 2. The van der Waals surface area contributed by atoms with E-state index >= 15 is 0 Å². The van der Waals surface area contributed by atoms with E-state index in [2.05, 4.69) is 13.8 Å². The zero-order chi connectivity index (χ0) is 15.0. The van der Waals surface area contributed by atoms with Crippen LogP contribution in [0, 0.1) is 5.92 Å². The molecular weight excluding hydrogens is 262 g/mol. The molecule has 0 saturated carbocycles. The van der Waals surface area contributed by atoms with E-state index in [0.717, 1.165) is 30.2 Å². The number of aromatic hydroxyl groups is 1. The molecule has 0 aliphatic carbocycles. The molecule has 2 atom stereocenters. The minimum absolute atomic E-state index is 0.0577. The fourth-order valence-corrected chi connectivity index (χ4v) is 3.29. The minimum atomic E-state index is -0.0577. The Hall–Kier alpha value is -2.03. The molecule has 0 bridgehead atoms. The van der Waals surface area contributed by atoms with Crippen LogP contribution in [0.25, 0.3) is 10.8 Å². The second-order valence-corrected chi connectivity index (χ2v) is 6.16. The van der Waals surface area contributed by atoms with Crippen molar-refractivity contribution in [2.24, 2.45) is 5.92 Å². The maximum Gasteiger partial charge on any atom is 0.257 e. The van der Waals surface area contributed by atoms with Crippen LogP contribution in [0.4, 0.5) is 0 Å². The van der Waals surface area contributed by atoms with E-state index in [1.807, 2.05) is 35.2 Å². The predicted molar refractivity (Wildman–Crippen MR) is 84.5 cm³/mol. The van der Waals surface area contributed by atoms with E-state index in [-0.39, 0.29) is 17.7 Å². The lowest BCUT2D eigenvalue weighted by Crippen LogP contribution is -2.44. The molecule has 0 aromatic heterocycles. The Balaban J connectivity index is 1.96. The Morgan fingerprint density at radius 1 is 1.19 bits per heavy atom. The molecule has 1 saturated heterocycles.